The maximum Gasteiger partial charge on any atom is 2.00 e. The van der Waals surface area contributed by atoms with Crippen molar-refractivity contribution >= 4 is 11.9 Å². The minimum atomic E-state index is -0.823. The Labute approximate surface area is 287 Å². The van der Waals surface area contributed by atoms with Crippen LogP contribution in [0.25, 0.3) is 0 Å². The molecule has 0 radical (unpaired) electrons. The van der Waals surface area contributed by atoms with Crippen LogP contribution >= 0.6 is 0 Å². The van der Waals surface area contributed by atoms with Crippen LogP contribution in [-0.2, 0) is 29.1 Å². The van der Waals surface area contributed by atoms with Crippen LogP contribution in [0.1, 0.15) is 145 Å². The molecule has 248 valence electrons. The third kappa shape index (κ3) is 6.33. The van der Waals surface area contributed by atoms with Crippen molar-refractivity contribution in [2.24, 2.45) is 69.0 Å². The number of fused-ring (bicyclic) bond motifs is 6. The summed E-state index contributed by atoms with van der Waals surface area (Å²) in [4.78, 5) is 23.7. The molecular formula is C40H62O4Zn. The zero-order chi connectivity index (χ0) is 32.2. The van der Waals surface area contributed by atoms with Gasteiger partial charge < -0.3 is 19.8 Å². The van der Waals surface area contributed by atoms with E-state index in [1.165, 1.54) is 51.4 Å². The van der Waals surface area contributed by atoms with Gasteiger partial charge in [-0.05, 0) is 135 Å². The van der Waals surface area contributed by atoms with Crippen LogP contribution in [0.4, 0.5) is 0 Å². The molecule has 0 aromatic carbocycles. The van der Waals surface area contributed by atoms with Crippen molar-refractivity contribution in [3.63, 3.8) is 0 Å². The Bertz CT molecular complexity index is 1080. The first kappa shape index (κ1) is 36.9. The third-order valence-electron chi connectivity index (χ3n) is 15.1. The van der Waals surface area contributed by atoms with Crippen molar-refractivity contribution in [1.29, 1.82) is 0 Å². The van der Waals surface area contributed by atoms with Gasteiger partial charge in [0.1, 0.15) is 0 Å². The van der Waals surface area contributed by atoms with Crippen LogP contribution in [0.3, 0.4) is 0 Å². The molecule has 0 bridgehead atoms. The Morgan fingerprint density at radius 3 is 1.31 bits per heavy atom. The van der Waals surface area contributed by atoms with Gasteiger partial charge in [0.05, 0.1) is 0 Å². The van der Waals surface area contributed by atoms with E-state index in [1.54, 1.807) is 11.1 Å². The number of hydrogen-bond donors (Lipinski definition) is 0. The molecule has 6 aliphatic rings. The van der Waals surface area contributed by atoms with Crippen molar-refractivity contribution in [2.75, 3.05) is 0 Å². The molecule has 0 amide bonds. The number of carbonyl (C=O) groups is 2. The number of hydrogen-bond acceptors (Lipinski definition) is 4. The number of rotatable bonds is 4. The van der Waals surface area contributed by atoms with Gasteiger partial charge in [-0.25, -0.2) is 0 Å². The average Bonchev–Trinajstić information content (AvgIpc) is 2.96. The Kier molecular flexibility index (Phi) is 11.1. The van der Waals surface area contributed by atoms with Gasteiger partial charge >= 0.3 is 19.5 Å². The summed E-state index contributed by atoms with van der Waals surface area (Å²) in [6.45, 7) is 18.0. The molecule has 4 unspecified atom stereocenters. The normalized spacial score (nSPS) is 44.0. The van der Waals surface area contributed by atoms with Crippen LogP contribution in [0.2, 0.25) is 0 Å². The van der Waals surface area contributed by atoms with Gasteiger partial charge in [0.25, 0.3) is 0 Å². The summed E-state index contributed by atoms with van der Waals surface area (Å²) < 4.78 is 0. The second-order valence-electron chi connectivity index (χ2n) is 17.9. The van der Waals surface area contributed by atoms with E-state index in [0.717, 1.165) is 62.2 Å². The zero-order valence-electron chi connectivity index (χ0n) is 30.0. The first-order valence-electron chi connectivity index (χ1n) is 18.4. The predicted octanol–water partition coefficient (Wildman–Crippen LogP) is 7.90. The largest absolute Gasteiger partial charge is 2.00 e. The van der Waals surface area contributed by atoms with Crippen molar-refractivity contribution in [1.82, 2.24) is 0 Å². The minimum absolute atomic E-state index is 0. The summed E-state index contributed by atoms with van der Waals surface area (Å²) in [6.07, 6.45) is 20.4. The zero-order valence-corrected chi connectivity index (χ0v) is 33.0. The van der Waals surface area contributed by atoms with E-state index in [9.17, 15) is 19.8 Å². The second-order valence-corrected chi connectivity index (χ2v) is 17.9. The van der Waals surface area contributed by atoms with E-state index in [4.69, 9.17) is 0 Å². The van der Waals surface area contributed by atoms with Crippen LogP contribution in [-0.4, -0.2) is 11.9 Å². The van der Waals surface area contributed by atoms with Crippen LogP contribution < -0.4 is 10.2 Å². The molecular weight excluding hydrogens is 610 g/mol. The molecule has 4 nitrogen and oxygen atoms in total. The molecule has 10 atom stereocenters. The van der Waals surface area contributed by atoms with Crippen molar-refractivity contribution in [3.05, 3.63) is 23.3 Å². The molecule has 0 aliphatic heterocycles. The van der Waals surface area contributed by atoms with Gasteiger partial charge in [0.15, 0.2) is 0 Å². The van der Waals surface area contributed by atoms with E-state index in [1.807, 2.05) is 13.8 Å². The van der Waals surface area contributed by atoms with Gasteiger partial charge in [-0.3, -0.25) is 0 Å². The summed E-state index contributed by atoms with van der Waals surface area (Å²) in [5, 5.41) is 23.7. The molecule has 45 heavy (non-hydrogen) atoms. The fraction of sp³-hybridized carbons (Fsp3) is 0.850. The van der Waals surface area contributed by atoms with Crippen LogP contribution in [0.5, 0.6) is 0 Å². The molecule has 4 fully saturated rings. The van der Waals surface area contributed by atoms with Crippen molar-refractivity contribution in [3.8, 4) is 0 Å². The van der Waals surface area contributed by atoms with E-state index in [-0.39, 0.29) is 42.1 Å². The van der Waals surface area contributed by atoms with E-state index >= 15 is 0 Å². The standard InChI is InChI=1S/2C20H32O2.Zn/c2*1-13(2)14-6-8-16-15(12-14)7-9-17-19(16,3)10-5-11-20(17,4)18(21)22;/h2*7,13-14,16-17H,5-6,8-12H2,1-4H3,(H,21,22);/q;;+2/p-2/t2*14?,16-,17?,19+,20+;/m00./s1. The van der Waals surface area contributed by atoms with Crippen LogP contribution in [0, 0.1) is 69.0 Å². The van der Waals surface area contributed by atoms with Gasteiger partial charge in [-0.1, -0.05) is 91.5 Å². The minimum Gasteiger partial charge on any atom is -0.550 e. The van der Waals surface area contributed by atoms with Gasteiger partial charge in [-0.2, -0.15) is 0 Å². The summed E-state index contributed by atoms with van der Waals surface area (Å²) in [6, 6.07) is 0. The van der Waals surface area contributed by atoms with E-state index in [2.05, 4.69) is 53.7 Å². The molecule has 0 N–H and O–H groups in total. The maximum atomic E-state index is 11.8. The summed E-state index contributed by atoms with van der Waals surface area (Å²) >= 11 is 0. The van der Waals surface area contributed by atoms with Gasteiger partial charge in [0, 0.05) is 22.8 Å². The number of carboxylic acid groups (broad SMARTS) is 2. The molecule has 6 rings (SSSR count). The first-order chi connectivity index (χ1) is 20.6. The van der Waals surface area contributed by atoms with Gasteiger partial charge in [-0.15, -0.1) is 0 Å². The number of carboxylic acids is 2. The number of aliphatic carboxylic acids is 2. The van der Waals surface area contributed by atoms with E-state index < -0.39 is 22.8 Å². The smallest absolute Gasteiger partial charge is 0.550 e. The monoisotopic (exact) mass is 670 g/mol. The summed E-state index contributed by atoms with van der Waals surface area (Å²) in [7, 11) is 0. The second kappa shape index (κ2) is 13.5. The van der Waals surface area contributed by atoms with Crippen LogP contribution in [0.15, 0.2) is 23.3 Å². The summed E-state index contributed by atoms with van der Waals surface area (Å²) in [5.74, 6) is 3.23. The molecule has 6 aliphatic carbocycles. The Hall–Kier alpha value is -0.957. The molecule has 0 heterocycles. The Morgan fingerprint density at radius 2 is 1.00 bits per heavy atom. The SMILES string of the molecule is CC(C)C1CC[C@H]2C(=CCC3[C@](C)(C(=O)[O-])CCC[C@@]32C)C1.CC(C)C1CC[C@H]2C(=CCC3[C@](C)(C(=O)[O-])CCC[C@@]32C)C1.[Zn+2]. The molecule has 0 aromatic rings. The topological polar surface area (TPSA) is 80.3 Å². The molecule has 5 heteroatoms. The molecule has 4 saturated carbocycles. The Balaban J connectivity index is 0.000000200. The van der Waals surface area contributed by atoms with E-state index in [0.29, 0.717) is 11.8 Å². The first-order valence-corrected chi connectivity index (χ1v) is 18.4. The number of allylic oxidation sites excluding steroid dienone is 4. The summed E-state index contributed by atoms with van der Waals surface area (Å²) in [5.41, 5.74) is 2.35. The molecule has 0 aromatic heterocycles. The molecule has 0 spiro atoms. The average molecular weight is 672 g/mol. The number of carbonyl (C=O) groups excluding carboxylic acids is 2. The fourth-order valence-electron chi connectivity index (χ4n) is 12.1. The molecule has 0 saturated heterocycles. The quantitative estimate of drug-likeness (QED) is 0.225. The third-order valence-corrected chi connectivity index (χ3v) is 15.1. The maximum absolute atomic E-state index is 11.8. The van der Waals surface area contributed by atoms with Crippen molar-refractivity contribution < 1.29 is 39.3 Å². The van der Waals surface area contributed by atoms with Crippen molar-refractivity contribution in [2.45, 2.75) is 145 Å². The fourth-order valence-corrected chi connectivity index (χ4v) is 12.1. The predicted molar refractivity (Wildman–Crippen MR) is 174 cm³/mol. The Morgan fingerprint density at radius 1 is 0.644 bits per heavy atom. The van der Waals surface area contributed by atoms with Gasteiger partial charge in [0.2, 0.25) is 0 Å².